The maximum atomic E-state index is 5.94. The molecule has 1 heterocycles. The number of aromatic nitrogens is 1. The van der Waals surface area contributed by atoms with Gasteiger partial charge in [-0.25, -0.2) is 4.98 Å². The second-order valence-electron chi connectivity index (χ2n) is 4.20. The first-order chi connectivity index (χ1) is 9.71. The number of hydrogen-bond acceptors (Lipinski definition) is 4. The van der Waals surface area contributed by atoms with E-state index in [1.807, 2.05) is 18.2 Å². The summed E-state index contributed by atoms with van der Waals surface area (Å²) in [5.41, 5.74) is 2.23. The Morgan fingerprint density at radius 3 is 2.55 bits per heavy atom. The molecule has 0 N–H and O–H groups in total. The third-order valence-corrected chi connectivity index (χ3v) is 3.22. The molecular formula is C15H12ClNO3. The van der Waals surface area contributed by atoms with Crippen molar-refractivity contribution in [3.63, 3.8) is 0 Å². The Hall–Kier alpha value is -2.20. The van der Waals surface area contributed by atoms with E-state index in [0.29, 0.717) is 28.0 Å². The highest BCUT2D eigenvalue weighted by molar-refractivity contribution is 6.31. The average Bonchev–Trinajstić information content (AvgIpc) is 2.89. The highest BCUT2D eigenvalue weighted by Gasteiger charge is 2.12. The molecule has 2 aromatic carbocycles. The summed E-state index contributed by atoms with van der Waals surface area (Å²) in [6.07, 6.45) is 0. The van der Waals surface area contributed by atoms with E-state index in [1.165, 1.54) is 0 Å². The van der Waals surface area contributed by atoms with Gasteiger partial charge in [0.2, 0.25) is 5.89 Å². The summed E-state index contributed by atoms with van der Waals surface area (Å²) in [5, 5.41) is 0.629. The Bertz CT molecular complexity index is 767. The van der Waals surface area contributed by atoms with Gasteiger partial charge in [-0.1, -0.05) is 11.6 Å². The first-order valence-corrected chi connectivity index (χ1v) is 6.37. The van der Waals surface area contributed by atoms with E-state index in [0.717, 1.165) is 11.1 Å². The van der Waals surface area contributed by atoms with E-state index < -0.39 is 0 Å². The van der Waals surface area contributed by atoms with Gasteiger partial charge in [0.25, 0.3) is 0 Å². The molecule has 102 valence electrons. The molecule has 0 saturated heterocycles. The summed E-state index contributed by atoms with van der Waals surface area (Å²) < 4.78 is 16.2. The van der Waals surface area contributed by atoms with Crippen LogP contribution in [-0.2, 0) is 0 Å². The second kappa shape index (κ2) is 5.06. The first-order valence-electron chi connectivity index (χ1n) is 6.00. The van der Waals surface area contributed by atoms with Gasteiger partial charge in [-0.2, -0.15) is 0 Å². The lowest BCUT2D eigenvalue weighted by atomic mass is 10.2. The lowest BCUT2D eigenvalue weighted by molar-refractivity contribution is 0.355. The lowest BCUT2D eigenvalue weighted by Gasteiger charge is -2.07. The molecule has 4 nitrogen and oxygen atoms in total. The number of nitrogens with zero attached hydrogens (tertiary/aromatic N) is 1. The minimum Gasteiger partial charge on any atom is -0.493 e. The van der Waals surface area contributed by atoms with Crippen molar-refractivity contribution in [3.8, 4) is 23.0 Å². The van der Waals surface area contributed by atoms with Crippen LogP contribution in [0.3, 0.4) is 0 Å². The van der Waals surface area contributed by atoms with E-state index in [9.17, 15) is 0 Å². The van der Waals surface area contributed by atoms with Crippen LogP contribution >= 0.6 is 11.6 Å². The predicted molar refractivity (Wildman–Crippen MR) is 77.6 cm³/mol. The quantitative estimate of drug-likeness (QED) is 0.726. The van der Waals surface area contributed by atoms with Gasteiger partial charge in [0, 0.05) is 10.6 Å². The van der Waals surface area contributed by atoms with Crippen molar-refractivity contribution in [3.05, 3.63) is 41.4 Å². The van der Waals surface area contributed by atoms with Gasteiger partial charge in [-0.15, -0.1) is 0 Å². The zero-order valence-electron chi connectivity index (χ0n) is 11.0. The number of benzene rings is 2. The number of rotatable bonds is 3. The zero-order valence-corrected chi connectivity index (χ0v) is 11.8. The van der Waals surface area contributed by atoms with Crippen molar-refractivity contribution in [1.82, 2.24) is 4.98 Å². The van der Waals surface area contributed by atoms with Crippen molar-refractivity contribution in [1.29, 1.82) is 0 Å². The number of ether oxygens (including phenoxy) is 2. The van der Waals surface area contributed by atoms with Gasteiger partial charge in [-0.3, -0.25) is 0 Å². The average molecular weight is 290 g/mol. The molecular weight excluding hydrogens is 278 g/mol. The Labute approximate surface area is 120 Å². The maximum Gasteiger partial charge on any atom is 0.227 e. The van der Waals surface area contributed by atoms with Crippen molar-refractivity contribution >= 4 is 22.7 Å². The van der Waals surface area contributed by atoms with Crippen molar-refractivity contribution in [2.24, 2.45) is 0 Å². The van der Waals surface area contributed by atoms with Gasteiger partial charge < -0.3 is 13.9 Å². The third-order valence-electron chi connectivity index (χ3n) is 2.98. The van der Waals surface area contributed by atoms with Crippen LogP contribution in [0.5, 0.6) is 11.5 Å². The predicted octanol–water partition coefficient (Wildman–Crippen LogP) is 4.17. The second-order valence-corrected chi connectivity index (χ2v) is 4.64. The zero-order chi connectivity index (χ0) is 14.1. The van der Waals surface area contributed by atoms with Crippen LogP contribution in [0, 0.1) is 0 Å². The standard InChI is InChI=1S/C15H12ClNO3/c1-18-13-5-3-9(7-14(13)19-2)15-17-11-8-10(16)4-6-12(11)20-15/h3-8H,1-2H3. The summed E-state index contributed by atoms with van der Waals surface area (Å²) in [7, 11) is 3.19. The molecule has 5 heteroatoms. The molecule has 0 fully saturated rings. The molecule has 0 aliphatic carbocycles. The van der Waals surface area contributed by atoms with E-state index in [2.05, 4.69) is 4.98 Å². The number of oxazole rings is 1. The molecule has 1 aromatic heterocycles. The number of fused-ring (bicyclic) bond motifs is 1. The van der Waals surface area contributed by atoms with Crippen molar-refractivity contribution in [2.45, 2.75) is 0 Å². The van der Waals surface area contributed by atoms with Gasteiger partial charge in [0.15, 0.2) is 17.1 Å². The normalized spacial score (nSPS) is 10.8. The molecule has 0 spiro atoms. The van der Waals surface area contributed by atoms with E-state index in [-0.39, 0.29) is 0 Å². The molecule has 20 heavy (non-hydrogen) atoms. The van der Waals surface area contributed by atoms with Gasteiger partial charge in [0.1, 0.15) is 5.52 Å². The Morgan fingerprint density at radius 1 is 1.00 bits per heavy atom. The Balaban J connectivity index is 2.10. The SMILES string of the molecule is COc1ccc(-c2nc3cc(Cl)ccc3o2)cc1OC. The van der Waals surface area contributed by atoms with Crippen LogP contribution in [0.1, 0.15) is 0 Å². The summed E-state index contributed by atoms with van der Waals surface area (Å²) in [4.78, 5) is 4.43. The van der Waals surface area contributed by atoms with Crippen molar-refractivity contribution < 1.29 is 13.9 Å². The molecule has 3 rings (SSSR count). The van der Waals surface area contributed by atoms with E-state index >= 15 is 0 Å². The van der Waals surface area contributed by atoms with Crippen LogP contribution < -0.4 is 9.47 Å². The number of halogens is 1. The fourth-order valence-corrected chi connectivity index (χ4v) is 2.16. The molecule has 0 unspecified atom stereocenters. The topological polar surface area (TPSA) is 44.5 Å². The molecule has 0 amide bonds. The molecule has 0 aliphatic heterocycles. The highest BCUT2D eigenvalue weighted by atomic mass is 35.5. The minimum atomic E-state index is 0.517. The molecule has 0 radical (unpaired) electrons. The van der Waals surface area contributed by atoms with Crippen molar-refractivity contribution in [2.75, 3.05) is 14.2 Å². The van der Waals surface area contributed by atoms with Crippen LogP contribution in [0.2, 0.25) is 5.02 Å². The molecule has 3 aromatic rings. The monoisotopic (exact) mass is 289 g/mol. The Morgan fingerprint density at radius 2 is 1.80 bits per heavy atom. The Kier molecular flexibility index (Phi) is 3.24. The third kappa shape index (κ3) is 2.18. The lowest BCUT2D eigenvalue weighted by Crippen LogP contribution is -1.90. The number of hydrogen-bond donors (Lipinski definition) is 0. The highest BCUT2D eigenvalue weighted by Crippen LogP contribution is 2.33. The summed E-state index contributed by atoms with van der Waals surface area (Å²) in [6.45, 7) is 0. The van der Waals surface area contributed by atoms with Crippen LogP contribution in [0.15, 0.2) is 40.8 Å². The summed E-state index contributed by atoms with van der Waals surface area (Å²) in [6, 6.07) is 10.8. The van der Waals surface area contributed by atoms with E-state index in [4.69, 9.17) is 25.5 Å². The first kappa shape index (κ1) is 12.8. The molecule has 0 saturated carbocycles. The van der Waals surface area contributed by atoms with Crippen LogP contribution in [0.25, 0.3) is 22.6 Å². The fraction of sp³-hybridized carbons (Fsp3) is 0.133. The minimum absolute atomic E-state index is 0.517. The van der Waals surface area contributed by atoms with Crippen LogP contribution in [-0.4, -0.2) is 19.2 Å². The van der Waals surface area contributed by atoms with Gasteiger partial charge >= 0.3 is 0 Å². The fourth-order valence-electron chi connectivity index (χ4n) is 1.99. The largest absolute Gasteiger partial charge is 0.493 e. The smallest absolute Gasteiger partial charge is 0.227 e. The van der Waals surface area contributed by atoms with E-state index in [1.54, 1.807) is 32.4 Å². The van der Waals surface area contributed by atoms with Crippen LogP contribution in [0.4, 0.5) is 0 Å². The molecule has 0 aliphatic rings. The summed E-state index contributed by atoms with van der Waals surface area (Å²) in [5.74, 6) is 1.81. The number of methoxy groups -OCH3 is 2. The molecule has 0 bridgehead atoms. The van der Waals surface area contributed by atoms with Gasteiger partial charge in [0.05, 0.1) is 14.2 Å². The summed E-state index contributed by atoms with van der Waals surface area (Å²) >= 11 is 5.94. The van der Waals surface area contributed by atoms with Gasteiger partial charge in [-0.05, 0) is 36.4 Å². The molecule has 0 atom stereocenters. The maximum absolute atomic E-state index is 5.94.